The maximum atomic E-state index is 13.0. The van der Waals surface area contributed by atoms with Crippen molar-refractivity contribution < 1.29 is 46.7 Å². The van der Waals surface area contributed by atoms with Gasteiger partial charge in [-0.1, -0.05) is 13.0 Å². The van der Waals surface area contributed by atoms with Crippen LogP contribution >= 0.6 is 11.8 Å². The third-order valence-corrected chi connectivity index (χ3v) is 6.24. The summed E-state index contributed by atoms with van der Waals surface area (Å²) in [6, 6.07) is 6.11. The Morgan fingerprint density at radius 2 is 1.82 bits per heavy atom. The molecule has 2 aromatic carbocycles. The first-order valence-corrected chi connectivity index (χ1v) is 12.4. The van der Waals surface area contributed by atoms with Crippen LogP contribution in [0.5, 0.6) is 17.2 Å². The molecule has 0 radical (unpaired) electrons. The SMILES string of the molecule is CCOc1cc(/C=C2/SC(=O)N(CC(=O)O[C@H](C)CC)C2=O)ccc1Oc1ccc(C(F)(F)F)cc1[N+](=O)[O-]. The van der Waals surface area contributed by atoms with Crippen LogP contribution in [-0.2, 0) is 20.5 Å². The number of amides is 2. The topological polar surface area (TPSA) is 125 Å². The number of benzene rings is 2. The Morgan fingerprint density at radius 3 is 2.44 bits per heavy atom. The van der Waals surface area contributed by atoms with E-state index in [1.807, 2.05) is 6.92 Å². The van der Waals surface area contributed by atoms with E-state index >= 15 is 0 Å². The zero-order valence-corrected chi connectivity index (χ0v) is 21.8. The van der Waals surface area contributed by atoms with Crippen LogP contribution < -0.4 is 9.47 Å². The van der Waals surface area contributed by atoms with Gasteiger partial charge in [0.2, 0.25) is 5.75 Å². The predicted octanol–water partition coefficient (Wildman–Crippen LogP) is 6.18. The molecule has 2 aromatic rings. The first kappa shape index (κ1) is 29.5. The van der Waals surface area contributed by atoms with Crippen LogP contribution in [0.4, 0.5) is 23.7 Å². The fraction of sp³-hybridized carbons (Fsp3) is 0.320. The Morgan fingerprint density at radius 1 is 1.13 bits per heavy atom. The summed E-state index contributed by atoms with van der Waals surface area (Å²) in [6.07, 6.45) is -3.19. The van der Waals surface area contributed by atoms with Crippen molar-refractivity contribution in [3.8, 4) is 17.2 Å². The standard InChI is InChI=1S/C25H23F3N2O8S/c1-4-14(3)37-22(31)13-29-23(32)21(39-24(29)33)11-15-6-8-19(20(10-15)36-5-2)38-18-9-7-16(25(26,27)28)12-17(18)30(34)35/h6-12,14H,4-5,13H2,1-3H3/b21-11+/t14-/m1/s1. The minimum Gasteiger partial charge on any atom is -0.490 e. The van der Waals surface area contributed by atoms with Crippen LogP contribution in [0.2, 0.25) is 0 Å². The number of hydrogen-bond acceptors (Lipinski definition) is 9. The first-order valence-electron chi connectivity index (χ1n) is 11.6. The molecule has 0 unspecified atom stereocenters. The number of nitrogens with zero attached hydrogens (tertiary/aromatic N) is 2. The molecule has 0 spiro atoms. The van der Waals surface area contributed by atoms with Gasteiger partial charge in [0.15, 0.2) is 11.5 Å². The molecule has 0 bridgehead atoms. The van der Waals surface area contributed by atoms with Gasteiger partial charge in [-0.2, -0.15) is 13.2 Å². The summed E-state index contributed by atoms with van der Waals surface area (Å²) < 4.78 is 55.2. The third kappa shape index (κ3) is 7.28. The molecular weight excluding hydrogens is 545 g/mol. The van der Waals surface area contributed by atoms with E-state index in [0.29, 0.717) is 35.9 Å². The summed E-state index contributed by atoms with van der Waals surface area (Å²) in [7, 11) is 0. The largest absolute Gasteiger partial charge is 0.490 e. The van der Waals surface area contributed by atoms with Gasteiger partial charge in [-0.05, 0) is 67.9 Å². The Balaban J connectivity index is 1.86. The number of hydrogen-bond donors (Lipinski definition) is 0. The maximum Gasteiger partial charge on any atom is 0.416 e. The number of ether oxygens (including phenoxy) is 3. The van der Waals surface area contributed by atoms with Crippen molar-refractivity contribution in [1.82, 2.24) is 4.90 Å². The number of nitro groups is 1. The summed E-state index contributed by atoms with van der Waals surface area (Å²) in [5, 5.41) is 10.7. The quantitative estimate of drug-likeness (QED) is 0.143. The van der Waals surface area contributed by atoms with Gasteiger partial charge in [-0.25, -0.2) is 0 Å². The van der Waals surface area contributed by atoms with Crippen LogP contribution in [0.3, 0.4) is 0 Å². The van der Waals surface area contributed by atoms with Gasteiger partial charge in [0.25, 0.3) is 11.1 Å². The van der Waals surface area contributed by atoms with Crippen molar-refractivity contribution in [2.45, 2.75) is 39.5 Å². The summed E-state index contributed by atoms with van der Waals surface area (Å²) >= 11 is 0.630. The summed E-state index contributed by atoms with van der Waals surface area (Å²) in [5.41, 5.74) is -1.71. The van der Waals surface area contributed by atoms with Crippen molar-refractivity contribution >= 4 is 40.6 Å². The lowest BCUT2D eigenvalue weighted by molar-refractivity contribution is -0.385. The molecule has 1 aliphatic heterocycles. The van der Waals surface area contributed by atoms with Crippen LogP contribution in [0, 0.1) is 10.1 Å². The zero-order chi connectivity index (χ0) is 28.9. The molecule has 1 saturated heterocycles. The number of carbonyl (C=O) groups is 3. The lowest BCUT2D eigenvalue weighted by Crippen LogP contribution is -2.35. The second-order valence-electron chi connectivity index (χ2n) is 8.16. The molecule has 14 heteroatoms. The smallest absolute Gasteiger partial charge is 0.416 e. The summed E-state index contributed by atoms with van der Waals surface area (Å²) in [6.45, 7) is 4.77. The minimum atomic E-state index is -4.78. The average molecular weight is 569 g/mol. The van der Waals surface area contributed by atoms with Gasteiger partial charge < -0.3 is 14.2 Å². The zero-order valence-electron chi connectivity index (χ0n) is 20.9. The predicted molar refractivity (Wildman–Crippen MR) is 134 cm³/mol. The van der Waals surface area contributed by atoms with E-state index in [-0.39, 0.29) is 29.1 Å². The molecule has 1 heterocycles. The highest BCUT2D eigenvalue weighted by Crippen LogP contribution is 2.41. The van der Waals surface area contributed by atoms with E-state index in [0.717, 1.165) is 11.0 Å². The van der Waals surface area contributed by atoms with Crippen molar-refractivity contribution in [2.24, 2.45) is 0 Å². The highest BCUT2D eigenvalue weighted by atomic mass is 32.2. The van der Waals surface area contributed by atoms with Crippen LogP contribution in [0.1, 0.15) is 38.3 Å². The molecule has 0 aromatic heterocycles. The Hall–Kier alpha value is -4.07. The molecule has 0 saturated carbocycles. The molecule has 2 amide bonds. The van der Waals surface area contributed by atoms with Gasteiger partial charge >= 0.3 is 17.8 Å². The fourth-order valence-electron chi connectivity index (χ4n) is 3.27. The summed E-state index contributed by atoms with van der Waals surface area (Å²) in [5.74, 6) is -1.79. The molecule has 0 N–H and O–H groups in total. The minimum absolute atomic E-state index is 0.0299. The molecule has 10 nitrogen and oxygen atoms in total. The number of alkyl halides is 3. The Kier molecular flexibility index (Phi) is 9.22. The normalized spacial score (nSPS) is 15.4. The highest BCUT2D eigenvalue weighted by molar-refractivity contribution is 8.18. The van der Waals surface area contributed by atoms with E-state index in [1.54, 1.807) is 13.8 Å². The second-order valence-corrected chi connectivity index (χ2v) is 9.15. The van der Waals surface area contributed by atoms with E-state index in [2.05, 4.69) is 0 Å². The van der Waals surface area contributed by atoms with Gasteiger partial charge in [0, 0.05) is 6.07 Å². The molecule has 1 fully saturated rings. The monoisotopic (exact) mass is 568 g/mol. The highest BCUT2D eigenvalue weighted by Gasteiger charge is 2.37. The lowest BCUT2D eigenvalue weighted by Gasteiger charge is -2.15. The van der Waals surface area contributed by atoms with Crippen molar-refractivity contribution in [1.29, 1.82) is 0 Å². The fourth-order valence-corrected chi connectivity index (χ4v) is 4.11. The molecule has 208 valence electrons. The van der Waals surface area contributed by atoms with E-state index in [4.69, 9.17) is 14.2 Å². The Bertz CT molecular complexity index is 1330. The van der Waals surface area contributed by atoms with Crippen LogP contribution in [0.15, 0.2) is 41.3 Å². The molecule has 39 heavy (non-hydrogen) atoms. The van der Waals surface area contributed by atoms with Gasteiger partial charge in [0.1, 0.15) is 6.54 Å². The van der Waals surface area contributed by atoms with E-state index < -0.39 is 51.8 Å². The van der Waals surface area contributed by atoms with Gasteiger partial charge in [-0.3, -0.25) is 29.4 Å². The molecular formula is C25H23F3N2O8S. The van der Waals surface area contributed by atoms with Crippen LogP contribution in [0.25, 0.3) is 6.08 Å². The molecule has 0 aliphatic carbocycles. The maximum absolute atomic E-state index is 13.0. The molecule has 1 aliphatic rings. The van der Waals surface area contributed by atoms with Crippen molar-refractivity contribution in [3.63, 3.8) is 0 Å². The average Bonchev–Trinajstić information content (AvgIpc) is 3.12. The molecule has 1 atom stereocenters. The number of imide groups is 1. The number of thioether (sulfide) groups is 1. The third-order valence-electron chi connectivity index (χ3n) is 5.34. The first-order chi connectivity index (χ1) is 18.3. The second kappa shape index (κ2) is 12.2. The van der Waals surface area contributed by atoms with Crippen molar-refractivity contribution in [2.75, 3.05) is 13.2 Å². The number of nitro benzene ring substituents is 1. The Labute approximate surface area is 224 Å². The number of halogens is 3. The van der Waals surface area contributed by atoms with Crippen LogP contribution in [-0.4, -0.2) is 46.2 Å². The van der Waals surface area contributed by atoms with Crippen molar-refractivity contribution in [3.05, 3.63) is 62.5 Å². The number of esters is 1. The lowest BCUT2D eigenvalue weighted by atomic mass is 10.1. The summed E-state index contributed by atoms with van der Waals surface area (Å²) in [4.78, 5) is 48.3. The van der Waals surface area contributed by atoms with Gasteiger partial charge in [0.05, 0.1) is 28.1 Å². The van der Waals surface area contributed by atoms with E-state index in [9.17, 15) is 37.7 Å². The number of carbonyl (C=O) groups excluding carboxylic acids is 3. The molecule has 3 rings (SSSR count). The van der Waals surface area contributed by atoms with E-state index in [1.165, 1.54) is 24.3 Å². The van der Waals surface area contributed by atoms with Gasteiger partial charge in [-0.15, -0.1) is 0 Å². The number of rotatable bonds is 10.